The molecule has 144 valence electrons. The van der Waals surface area contributed by atoms with Crippen LogP contribution in [0.2, 0.25) is 0 Å². The van der Waals surface area contributed by atoms with Crippen LogP contribution in [-0.4, -0.2) is 36.0 Å². The molecule has 0 aromatic rings. The van der Waals surface area contributed by atoms with Crippen LogP contribution >= 0.6 is 0 Å². The molecule has 6 nitrogen and oxygen atoms in total. The number of carbonyl (C=O) groups excluding carboxylic acids is 3. The Kier molecular flexibility index (Phi) is 4.48. The van der Waals surface area contributed by atoms with E-state index in [2.05, 4.69) is 10.6 Å². The van der Waals surface area contributed by atoms with Gasteiger partial charge in [0.05, 0.1) is 0 Å². The molecule has 5 fully saturated rings. The molecule has 4 bridgehead atoms. The maximum Gasteiger partial charge on any atom is 0.329 e. The summed E-state index contributed by atoms with van der Waals surface area (Å²) < 4.78 is 5.26. The second kappa shape index (κ2) is 6.54. The molecule has 2 amide bonds. The van der Waals surface area contributed by atoms with Crippen LogP contribution in [0.5, 0.6) is 0 Å². The van der Waals surface area contributed by atoms with Crippen molar-refractivity contribution in [1.29, 1.82) is 0 Å². The van der Waals surface area contributed by atoms with Crippen LogP contribution in [0.25, 0.3) is 0 Å². The Morgan fingerprint density at radius 3 is 2.00 bits per heavy atom. The Labute approximate surface area is 154 Å². The third-order valence-corrected chi connectivity index (χ3v) is 6.81. The van der Waals surface area contributed by atoms with Gasteiger partial charge in [0.15, 0.2) is 6.10 Å². The Morgan fingerprint density at radius 2 is 1.50 bits per heavy atom. The summed E-state index contributed by atoms with van der Waals surface area (Å²) in [5.74, 6) is 1.25. The standard InChI is InChI=1S/C20H30N2O4/c1-11(18(24)26-12(2)17(23)22-16-3-4-16)21-19(25)20-8-13-5-14(9-20)7-15(6-13)10-20/h11-16H,3-10H2,1-2H3,(H,21,25)(H,22,23)/t11-,12-,13?,14?,15?,20?/m0/s1. The lowest BCUT2D eigenvalue weighted by Gasteiger charge is -2.55. The highest BCUT2D eigenvalue weighted by atomic mass is 16.5. The molecule has 0 saturated heterocycles. The SMILES string of the molecule is C[C@H](NC(=O)C12CC3CC(CC(C3)C1)C2)C(=O)O[C@@H](C)C(=O)NC1CC1. The van der Waals surface area contributed by atoms with E-state index in [1.54, 1.807) is 13.8 Å². The molecule has 0 spiro atoms. The van der Waals surface area contributed by atoms with Crippen molar-refractivity contribution in [2.45, 2.75) is 83.4 Å². The molecule has 0 unspecified atom stereocenters. The molecule has 5 rings (SSSR count). The van der Waals surface area contributed by atoms with Gasteiger partial charge in [-0.15, -0.1) is 0 Å². The molecular formula is C20H30N2O4. The van der Waals surface area contributed by atoms with Gasteiger partial charge in [-0.1, -0.05) is 0 Å². The van der Waals surface area contributed by atoms with Gasteiger partial charge in [0.2, 0.25) is 5.91 Å². The van der Waals surface area contributed by atoms with Crippen LogP contribution in [0.1, 0.15) is 65.2 Å². The van der Waals surface area contributed by atoms with Gasteiger partial charge in [-0.05, 0) is 83.0 Å². The fourth-order valence-corrected chi connectivity index (χ4v) is 5.67. The normalized spacial score (nSPS) is 36.9. The highest BCUT2D eigenvalue weighted by Crippen LogP contribution is 2.60. The van der Waals surface area contributed by atoms with E-state index in [9.17, 15) is 14.4 Å². The molecule has 5 saturated carbocycles. The minimum Gasteiger partial charge on any atom is -0.451 e. The number of amides is 2. The molecule has 2 N–H and O–H groups in total. The van der Waals surface area contributed by atoms with Crippen molar-refractivity contribution in [2.75, 3.05) is 0 Å². The van der Waals surface area contributed by atoms with Crippen molar-refractivity contribution >= 4 is 17.8 Å². The molecule has 0 aromatic carbocycles. The predicted molar refractivity (Wildman–Crippen MR) is 94.9 cm³/mol. The Bertz CT molecular complexity index is 578. The second-order valence-electron chi connectivity index (χ2n) is 9.26. The maximum absolute atomic E-state index is 13.0. The molecule has 0 heterocycles. The van der Waals surface area contributed by atoms with Gasteiger partial charge >= 0.3 is 5.97 Å². The van der Waals surface area contributed by atoms with Crippen LogP contribution in [0.3, 0.4) is 0 Å². The van der Waals surface area contributed by atoms with E-state index in [1.165, 1.54) is 19.3 Å². The fraction of sp³-hybridized carbons (Fsp3) is 0.850. The first kappa shape index (κ1) is 17.8. The zero-order valence-electron chi connectivity index (χ0n) is 15.8. The molecule has 0 aliphatic heterocycles. The molecule has 2 atom stereocenters. The van der Waals surface area contributed by atoms with Crippen molar-refractivity contribution in [3.8, 4) is 0 Å². The average Bonchev–Trinajstić information content (AvgIpc) is 3.37. The number of nitrogens with one attached hydrogen (secondary N) is 2. The first-order chi connectivity index (χ1) is 12.3. The predicted octanol–water partition coefficient (Wildman–Crippen LogP) is 1.92. The fourth-order valence-electron chi connectivity index (χ4n) is 5.67. The summed E-state index contributed by atoms with van der Waals surface area (Å²) in [6, 6.07) is -0.497. The highest BCUT2D eigenvalue weighted by Gasteiger charge is 2.54. The number of ether oxygens (including phenoxy) is 1. The zero-order valence-corrected chi connectivity index (χ0v) is 15.8. The van der Waals surface area contributed by atoms with Crippen molar-refractivity contribution in [2.24, 2.45) is 23.2 Å². The van der Waals surface area contributed by atoms with Crippen molar-refractivity contribution < 1.29 is 19.1 Å². The molecule has 0 aromatic heterocycles. The number of carbonyl (C=O) groups is 3. The average molecular weight is 362 g/mol. The van der Waals surface area contributed by atoms with E-state index in [0.717, 1.165) is 32.1 Å². The van der Waals surface area contributed by atoms with Crippen LogP contribution in [0.4, 0.5) is 0 Å². The van der Waals surface area contributed by atoms with E-state index in [4.69, 9.17) is 4.74 Å². The molecule has 5 aliphatic carbocycles. The smallest absolute Gasteiger partial charge is 0.329 e. The maximum atomic E-state index is 13.0. The van der Waals surface area contributed by atoms with Gasteiger partial charge in [0, 0.05) is 11.5 Å². The lowest BCUT2D eigenvalue weighted by molar-refractivity contribution is -0.159. The second-order valence-corrected chi connectivity index (χ2v) is 9.26. The van der Waals surface area contributed by atoms with Crippen LogP contribution < -0.4 is 10.6 Å². The van der Waals surface area contributed by atoms with Crippen LogP contribution in [0, 0.1) is 23.2 Å². The van der Waals surface area contributed by atoms with Crippen molar-refractivity contribution in [3.63, 3.8) is 0 Å². The zero-order chi connectivity index (χ0) is 18.5. The summed E-state index contributed by atoms with van der Waals surface area (Å²) >= 11 is 0. The summed E-state index contributed by atoms with van der Waals surface area (Å²) in [6.45, 7) is 3.22. The summed E-state index contributed by atoms with van der Waals surface area (Å²) in [5.41, 5.74) is -0.280. The number of hydrogen-bond donors (Lipinski definition) is 2. The Morgan fingerprint density at radius 1 is 0.962 bits per heavy atom. The minimum atomic E-state index is -0.831. The highest BCUT2D eigenvalue weighted by molar-refractivity contribution is 5.89. The van der Waals surface area contributed by atoms with Gasteiger partial charge in [-0.3, -0.25) is 9.59 Å². The monoisotopic (exact) mass is 362 g/mol. The van der Waals surface area contributed by atoms with Gasteiger partial charge < -0.3 is 15.4 Å². The molecule has 0 radical (unpaired) electrons. The van der Waals surface area contributed by atoms with Gasteiger partial charge in [-0.2, -0.15) is 0 Å². The third-order valence-electron chi connectivity index (χ3n) is 6.81. The third kappa shape index (κ3) is 3.47. The molecule has 5 aliphatic rings. The lowest BCUT2D eigenvalue weighted by atomic mass is 9.49. The molecular weight excluding hydrogens is 332 g/mol. The van der Waals surface area contributed by atoms with E-state index in [-0.39, 0.29) is 23.3 Å². The summed E-state index contributed by atoms with van der Waals surface area (Å²) in [7, 11) is 0. The number of esters is 1. The van der Waals surface area contributed by atoms with E-state index >= 15 is 0 Å². The van der Waals surface area contributed by atoms with Crippen molar-refractivity contribution in [1.82, 2.24) is 10.6 Å². The van der Waals surface area contributed by atoms with Gasteiger partial charge in [-0.25, -0.2) is 4.79 Å². The van der Waals surface area contributed by atoms with Crippen LogP contribution in [-0.2, 0) is 19.1 Å². The molecule has 6 heteroatoms. The van der Waals surface area contributed by atoms with E-state index in [0.29, 0.717) is 17.8 Å². The first-order valence-electron chi connectivity index (χ1n) is 10.2. The first-order valence-corrected chi connectivity index (χ1v) is 10.2. The topological polar surface area (TPSA) is 84.5 Å². The minimum absolute atomic E-state index is 0.0103. The quantitative estimate of drug-likeness (QED) is 0.707. The van der Waals surface area contributed by atoms with Crippen LogP contribution in [0.15, 0.2) is 0 Å². The number of rotatable bonds is 6. The molecule has 26 heavy (non-hydrogen) atoms. The Hall–Kier alpha value is -1.59. The van der Waals surface area contributed by atoms with Gasteiger partial charge in [0.1, 0.15) is 6.04 Å². The summed E-state index contributed by atoms with van der Waals surface area (Å²) in [4.78, 5) is 37.2. The van der Waals surface area contributed by atoms with E-state index < -0.39 is 18.1 Å². The lowest BCUT2D eigenvalue weighted by Crippen LogP contribution is -2.56. The Balaban J connectivity index is 1.31. The van der Waals surface area contributed by atoms with E-state index in [1.807, 2.05) is 0 Å². The largest absolute Gasteiger partial charge is 0.451 e. The van der Waals surface area contributed by atoms with Crippen molar-refractivity contribution in [3.05, 3.63) is 0 Å². The summed E-state index contributed by atoms with van der Waals surface area (Å²) in [5, 5.41) is 5.71. The summed E-state index contributed by atoms with van der Waals surface area (Å²) in [6.07, 6.45) is 7.87. The van der Waals surface area contributed by atoms with Gasteiger partial charge in [0.25, 0.3) is 5.91 Å². The number of hydrogen-bond acceptors (Lipinski definition) is 4.